The van der Waals surface area contributed by atoms with E-state index in [9.17, 15) is 14.0 Å². The second-order valence-electron chi connectivity index (χ2n) is 18.6. The van der Waals surface area contributed by atoms with Gasteiger partial charge in [-0.1, -0.05) is 28.5 Å². The van der Waals surface area contributed by atoms with Crippen LogP contribution in [-0.2, 0) is 19.1 Å². The molecule has 2 amide bonds. The molecule has 4 aliphatic heterocycles. The lowest BCUT2D eigenvalue weighted by Crippen LogP contribution is -2.32. The van der Waals surface area contributed by atoms with Crippen LogP contribution < -0.4 is 10.2 Å². The fourth-order valence-electron chi connectivity index (χ4n) is 10.8. The number of carbonyl (C=O) groups excluding carboxylic acids is 2. The highest BCUT2D eigenvalue weighted by Gasteiger charge is 2.39. The van der Waals surface area contributed by atoms with Crippen LogP contribution in [0.4, 0.5) is 10.1 Å². The summed E-state index contributed by atoms with van der Waals surface area (Å²) in [6, 6.07) is 17.9. The second kappa shape index (κ2) is 17.6. The first-order valence-corrected chi connectivity index (χ1v) is 23.3. The van der Waals surface area contributed by atoms with Crippen molar-refractivity contribution in [1.82, 2.24) is 34.7 Å². The largest absolute Gasteiger partial charge is 0.378 e. The molecule has 0 radical (unpaired) electrons. The number of nitrogens with zero attached hydrogens (tertiary/aromatic N) is 7. The number of aryl methyl sites for hydroxylation is 5. The van der Waals surface area contributed by atoms with Crippen LogP contribution in [0.1, 0.15) is 130 Å². The lowest BCUT2D eigenvalue weighted by atomic mass is 10.0. The van der Waals surface area contributed by atoms with Crippen molar-refractivity contribution in [2.75, 3.05) is 18.1 Å². The third-order valence-corrected chi connectivity index (χ3v) is 14.0. The first-order chi connectivity index (χ1) is 31.8. The molecule has 14 nitrogen and oxygen atoms in total. The molecule has 0 spiro atoms. The van der Waals surface area contributed by atoms with Gasteiger partial charge in [0.2, 0.25) is 11.8 Å². The monoisotopic (exact) mass is 896 g/mol. The summed E-state index contributed by atoms with van der Waals surface area (Å²) in [7, 11) is 0. The van der Waals surface area contributed by atoms with Gasteiger partial charge in [0, 0.05) is 55.0 Å². The SMILES string of the molecule is Cc1ccc(N2C(=O)CC[C@H]2c2nc3cc(-c4c(C)noc4C)ccc3n2C2CCOC(C)C2)cc1F.Cc1noc(C)c1-c1ccc2c(c1)nc([C@@H]1CCC(=O)N1)n2C1CCOC(C)C1. The van der Waals surface area contributed by atoms with Crippen molar-refractivity contribution >= 4 is 39.6 Å². The Morgan fingerprint density at radius 1 is 0.667 bits per heavy atom. The van der Waals surface area contributed by atoms with E-state index in [1.54, 1.807) is 17.9 Å². The molecular weight excluding hydrogens is 840 g/mol. The zero-order valence-corrected chi connectivity index (χ0v) is 38.7. The van der Waals surface area contributed by atoms with Crippen molar-refractivity contribution in [1.29, 1.82) is 0 Å². The maximum atomic E-state index is 14.5. The van der Waals surface area contributed by atoms with E-state index >= 15 is 0 Å². The zero-order chi connectivity index (χ0) is 46.0. The van der Waals surface area contributed by atoms with Crippen molar-refractivity contribution in [2.24, 2.45) is 0 Å². The Morgan fingerprint density at radius 2 is 1.23 bits per heavy atom. The summed E-state index contributed by atoms with van der Waals surface area (Å²) in [5.74, 6) is 3.16. The molecule has 344 valence electrons. The molecule has 4 unspecified atom stereocenters. The number of rotatable bonds is 7. The highest BCUT2D eigenvalue weighted by molar-refractivity contribution is 5.96. The highest BCUT2D eigenvalue weighted by Crippen LogP contribution is 2.43. The van der Waals surface area contributed by atoms with Crippen LogP contribution in [0, 0.1) is 40.4 Å². The number of imidazole rings is 2. The molecular formula is C51H57FN8O6. The predicted octanol–water partition coefficient (Wildman–Crippen LogP) is 10.4. The topological polar surface area (TPSA) is 156 Å². The number of fused-ring (bicyclic) bond motifs is 2. The summed E-state index contributed by atoms with van der Waals surface area (Å²) >= 11 is 0. The van der Waals surface area contributed by atoms with Gasteiger partial charge in [-0.05, 0) is 140 Å². The maximum absolute atomic E-state index is 14.5. The lowest BCUT2D eigenvalue weighted by Gasteiger charge is -2.32. The number of ether oxygens (including phenoxy) is 2. The van der Waals surface area contributed by atoms with Crippen LogP contribution in [0.2, 0.25) is 0 Å². The Balaban J connectivity index is 0.000000160. The molecule has 8 heterocycles. The molecule has 1 N–H and O–H groups in total. The first kappa shape index (κ1) is 43.7. The molecule has 0 bridgehead atoms. The molecule has 4 aliphatic rings. The molecule has 7 aromatic rings. The van der Waals surface area contributed by atoms with Crippen molar-refractivity contribution in [2.45, 2.75) is 136 Å². The van der Waals surface area contributed by atoms with Gasteiger partial charge < -0.3 is 37.9 Å². The molecule has 3 aromatic carbocycles. The van der Waals surface area contributed by atoms with Crippen LogP contribution in [0.5, 0.6) is 0 Å². The van der Waals surface area contributed by atoms with Gasteiger partial charge in [-0.25, -0.2) is 14.4 Å². The Labute approximate surface area is 382 Å². The van der Waals surface area contributed by atoms with E-state index in [2.05, 4.69) is 75.0 Å². The van der Waals surface area contributed by atoms with Crippen LogP contribution in [0.25, 0.3) is 44.3 Å². The standard InChI is InChI=1S/C29H31FN4O3.C22H26N4O3/c1-16-5-7-21(15-23(16)30)33-26(9-10-27(33)35)29-31-24-14-20(28-18(3)32-37-19(28)4)6-8-25(24)34(29)22-11-12-36-17(2)13-22;1-12-10-16(8-9-28-12)26-19-6-4-15(21-13(2)25-29-14(21)3)11-18(19)24-22(26)17-5-7-20(27)23-17/h5-8,14-15,17,22,26H,9-13H2,1-4H3;4,6,11-12,16-17H,5,7-10H2,1-3H3,(H,23,27)/t17?,22?,26-;12?,16?,17-/m00/s1. The summed E-state index contributed by atoms with van der Waals surface area (Å²) in [4.78, 5) is 36.9. The Kier molecular flexibility index (Phi) is 11.6. The molecule has 0 aliphatic carbocycles. The second-order valence-corrected chi connectivity index (χ2v) is 18.6. The fourth-order valence-corrected chi connectivity index (χ4v) is 10.8. The Hall–Kier alpha value is -6.19. The van der Waals surface area contributed by atoms with Gasteiger partial charge in [0.15, 0.2) is 0 Å². The molecule has 15 heteroatoms. The van der Waals surface area contributed by atoms with Crippen molar-refractivity contribution < 1.29 is 32.5 Å². The number of benzene rings is 3. The molecule has 11 rings (SSSR count). The summed E-state index contributed by atoms with van der Waals surface area (Å²) in [5, 5.41) is 11.3. The molecule has 4 saturated heterocycles. The minimum absolute atomic E-state index is 0.0105. The van der Waals surface area contributed by atoms with Crippen LogP contribution in [0.3, 0.4) is 0 Å². The molecule has 6 atom stereocenters. The third kappa shape index (κ3) is 7.99. The summed E-state index contributed by atoms with van der Waals surface area (Å²) in [6.07, 6.45) is 6.38. The third-order valence-electron chi connectivity index (χ3n) is 14.0. The minimum Gasteiger partial charge on any atom is -0.378 e. The van der Waals surface area contributed by atoms with E-state index in [-0.39, 0.29) is 48.0 Å². The average molecular weight is 897 g/mol. The molecule has 0 saturated carbocycles. The number of aromatic nitrogens is 6. The molecule has 66 heavy (non-hydrogen) atoms. The number of carbonyl (C=O) groups is 2. The van der Waals surface area contributed by atoms with Gasteiger partial charge >= 0.3 is 0 Å². The van der Waals surface area contributed by atoms with Gasteiger partial charge in [-0.3, -0.25) is 9.59 Å². The number of hydrogen-bond donors (Lipinski definition) is 1. The minimum atomic E-state index is -0.313. The van der Waals surface area contributed by atoms with E-state index in [1.165, 1.54) is 6.07 Å². The van der Waals surface area contributed by atoms with Gasteiger partial charge in [0.1, 0.15) is 29.0 Å². The summed E-state index contributed by atoms with van der Waals surface area (Å²) in [6.45, 7) is 15.1. The first-order valence-electron chi connectivity index (χ1n) is 23.3. The maximum Gasteiger partial charge on any atom is 0.227 e. The van der Waals surface area contributed by atoms with Gasteiger partial charge in [0.25, 0.3) is 0 Å². The number of halogens is 1. The summed E-state index contributed by atoms with van der Waals surface area (Å²) in [5.41, 5.74) is 10.8. The molecule has 4 aromatic heterocycles. The van der Waals surface area contributed by atoms with Gasteiger partial charge in [-0.15, -0.1) is 0 Å². The smallest absolute Gasteiger partial charge is 0.227 e. The predicted molar refractivity (Wildman–Crippen MR) is 247 cm³/mol. The van der Waals surface area contributed by atoms with Gasteiger partial charge in [-0.2, -0.15) is 0 Å². The van der Waals surface area contributed by atoms with Gasteiger partial charge in [0.05, 0.1) is 57.7 Å². The quantitative estimate of drug-likeness (QED) is 0.163. The highest BCUT2D eigenvalue weighted by atomic mass is 19.1. The van der Waals surface area contributed by atoms with Crippen molar-refractivity contribution in [3.05, 3.63) is 101 Å². The van der Waals surface area contributed by atoms with Crippen molar-refractivity contribution in [3.63, 3.8) is 0 Å². The van der Waals surface area contributed by atoms with E-state index in [4.69, 9.17) is 28.5 Å². The number of hydrogen-bond acceptors (Lipinski definition) is 10. The Morgan fingerprint density at radius 3 is 1.73 bits per heavy atom. The number of anilines is 1. The van der Waals surface area contributed by atoms with Crippen LogP contribution in [0.15, 0.2) is 63.6 Å². The van der Waals surface area contributed by atoms with E-state index in [0.29, 0.717) is 43.2 Å². The normalized spacial score (nSPS) is 23.5. The fraction of sp³-hybridized carbons (Fsp3) is 0.451. The average Bonchev–Trinajstić information content (AvgIpc) is 4.16. The van der Waals surface area contributed by atoms with E-state index < -0.39 is 0 Å². The Bertz CT molecular complexity index is 2940. The van der Waals surface area contributed by atoms with Crippen molar-refractivity contribution in [3.8, 4) is 22.3 Å². The van der Waals surface area contributed by atoms with E-state index in [1.807, 2.05) is 33.8 Å². The lowest BCUT2D eigenvalue weighted by molar-refractivity contribution is -0.119. The summed E-state index contributed by atoms with van der Waals surface area (Å²) < 4.78 is 41.6. The number of amides is 2. The number of nitrogens with one attached hydrogen (secondary N) is 1. The van der Waals surface area contributed by atoms with Crippen LogP contribution in [-0.4, -0.2) is 66.7 Å². The molecule has 4 fully saturated rings. The van der Waals surface area contributed by atoms with E-state index in [0.717, 1.165) is 118 Å². The zero-order valence-electron chi connectivity index (χ0n) is 38.7. The van der Waals surface area contributed by atoms with Crippen LogP contribution >= 0.6 is 0 Å².